The summed E-state index contributed by atoms with van der Waals surface area (Å²) in [7, 11) is 3.04. The molecule has 0 aliphatic carbocycles. The number of aliphatic imine (C=N–C) groups is 1. The molecule has 4 nitrogen and oxygen atoms in total. The van der Waals surface area contributed by atoms with Crippen LogP contribution in [0.3, 0.4) is 0 Å². The average Bonchev–Trinajstić information content (AvgIpc) is 2.48. The molecule has 1 heterocycles. The summed E-state index contributed by atoms with van der Waals surface area (Å²) in [5, 5.41) is 4.36. The van der Waals surface area contributed by atoms with Gasteiger partial charge in [0.1, 0.15) is 0 Å². The summed E-state index contributed by atoms with van der Waals surface area (Å²) in [5.41, 5.74) is 1.97. The summed E-state index contributed by atoms with van der Waals surface area (Å²) < 4.78 is 4.88. The number of halogens is 2. The van der Waals surface area contributed by atoms with Gasteiger partial charge in [0.15, 0.2) is 5.17 Å². The molecular weight excluding hydrogens is 331 g/mol. The van der Waals surface area contributed by atoms with Gasteiger partial charge in [0.2, 0.25) is 0 Å². The van der Waals surface area contributed by atoms with E-state index in [1.54, 1.807) is 19.2 Å². The Morgan fingerprint density at radius 2 is 2.14 bits per heavy atom. The Morgan fingerprint density at radius 3 is 2.76 bits per heavy atom. The van der Waals surface area contributed by atoms with Crippen molar-refractivity contribution >= 4 is 46.1 Å². The van der Waals surface area contributed by atoms with Gasteiger partial charge in [0.05, 0.1) is 28.0 Å². The minimum Gasteiger partial charge on any atom is -0.466 e. The van der Waals surface area contributed by atoms with Crippen LogP contribution in [0.5, 0.6) is 0 Å². The number of ether oxygens (including phenoxy) is 1. The minimum atomic E-state index is -0.399. The molecule has 0 fully saturated rings. The fraction of sp³-hybridized carbons (Fsp3) is 0.286. The number of esters is 1. The van der Waals surface area contributed by atoms with Crippen molar-refractivity contribution in [2.45, 2.75) is 12.2 Å². The van der Waals surface area contributed by atoms with Crippen molar-refractivity contribution in [2.75, 3.05) is 14.2 Å². The summed E-state index contributed by atoms with van der Waals surface area (Å²) in [6.07, 6.45) is 0. The van der Waals surface area contributed by atoms with Crippen LogP contribution in [0.4, 0.5) is 0 Å². The van der Waals surface area contributed by atoms with Gasteiger partial charge in [0, 0.05) is 12.7 Å². The molecule has 0 saturated heterocycles. The van der Waals surface area contributed by atoms with Crippen LogP contribution in [-0.4, -0.2) is 25.3 Å². The molecule has 7 heteroatoms. The highest BCUT2D eigenvalue weighted by atomic mass is 35.5. The van der Waals surface area contributed by atoms with Crippen LogP contribution in [-0.2, 0) is 9.53 Å². The molecule has 0 radical (unpaired) electrons. The molecule has 1 N–H and O–H groups in total. The number of hydrogen-bond donors (Lipinski definition) is 1. The maximum atomic E-state index is 12.1. The fourth-order valence-corrected chi connectivity index (χ4v) is 3.78. The number of carbonyl (C=O) groups is 1. The minimum absolute atomic E-state index is 0.316. The quantitative estimate of drug-likeness (QED) is 0.829. The zero-order chi connectivity index (χ0) is 15.6. The second-order valence-electron chi connectivity index (χ2n) is 4.32. The maximum absolute atomic E-state index is 12.1. The first-order chi connectivity index (χ1) is 9.99. The number of carbonyl (C=O) groups excluding carboxylic acids is 1. The van der Waals surface area contributed by atoms with Crippen molar-refractivity contribution in [1.82, 2.24) is 5.32 Å². The van der Waals surface area contributed by atoms with E-state index in [0.29, 0.717) is 26.5 Å². The second kappa shape index (κ2) is 6.73. The van der Waals surface area contributed by atoms with Crippen molar-refractivity contribution in [3.63, 3.8) is 0 Å². The first-order valence-electron chi connectivity index (χ1n) is 6.13. The van der Waals surface area contributed by atoms with Crippen LogP contribution in [0.15, 0.2) is 34.5 Å². The Bertz CT molecular complexity index is 644. The molecule has 0 saturated carbocycles. The van der Waals surface area contributed by atoms with E-state index in [2.05, 4.69) is 10.3 Å². The van der Waals surface area contributed by atoms with E-state index in [-0.39, 0.29) is 5.25 Å². The van der Waals surface area contributed by atoms with E-state index in [0.717, 1.165) is 5.56 Å². The molecule has 21 heavy (non-hydrogen) atoms. The molecule has 2 rings (SSSR count). The van der Waals surface area contributed by atoms with E-state index in [1.165, 1.54) is 18.9 Å². The highest BCUT2D eigenvalue weighted by Crippen LogP contribution is 2.44. The molecule has 0 spiro atoms. The van der Waals surface area contributed by atoms with Gasteiger partial charge in [-0.1, -0.05) is 47.1 Å². The van der Waals surface area contributed by atoms with Crippen LogP contribution < -0.4 is 5.32 Å². The van der Waals surface area contributed by atoms with Crippen LogP contribution in [0.2, 0.25) is 10.0 Å². The Kier molecular flexibility index (Phi) is 5.19. The summed E-state index contributed by atoms with van der Waals surface area (Å²) in [5.74, 6) is -0.399. The third-order valence-electron chi connectivity index (χ3n) is 3.06. The number of nitrogens with zero attached hydrogens (tertiary/aromatic N) is 1. The van der Waals surface area contributed by atoms with Crippen LogP contribution >= 0.6 is 35.0 Å². The Balaban J connectivity index is 2.59. The van der Waals surface area contributed by atoms with Crippen molar-refractivity contribution in [1.29, 1.82) is 0 Å². The lowest BCUT2D eigenvalue weighted by Gasteiger charge is -2.28. The molecular formula is C14H14Cl2N2O2S. The average molecular weight is 345 g/mol. The summed E-state index contributed by atoms with van der Waals surface area (Å²) in [4.78, 5) is 16.3. The molecule has 1 aliphatic heterocycles. The van der Waals surface area contributed by atoms with Gasteiger partial charge < -0.3 is 10.1 Å². The number of rotatable bonds is 2. The Hall–Kier alpha value is -1.17. The fourth-order valence-electron chi connectivity index (χ4n) is 2.05. The highest BCUT2D eigenvalue weighted by Gasteiger charge is 2.33. The van der Waals surface area contributed by atoms with Gasteiger partial charge in [-0.15, -0.1) is 0 Å². The molecule has 0 bridgehead atoms. The first kappa shape index (κ1) is 16.2. The van der Waals surface area contributed by atoms with Crippen molar-refractivity contribution in [3.05, 3.63) is 45.1 Å². The molecule has 1 aliphatic rings. The zero-order valence-corrected chi connectivity index (χ0v) is 14.1. The standard InChI is InChI=1S/C14H14Cl2N2O2S/c1-7-10(13(19)20-3)12(21-14(17-2)18-7)8-5-4-6-9(15)11(8)16/h4-6,12H,1-3H3,(H,17,18)/t12-/m0/s1. The van der Waals surface area contributed by atoms with Gasteiger partial charge in [-0.05, 0) is 18.6 Å². The number of nitrogens with one attached hydrogen (secondary N) is 1. The topological polar surface area (TPSA) is 50.7 Å². The van der Waals surface area contributed by atoms with Crippen molar-refractivity contribution in [3.8, 4) is 0 Å². The number of methoxy groups -OCH3 is 1. The third kappa shape index (κ3) is 3.20. The molecule has 1 aromatic carbocycles. The van der Waals surface area contributed by atoms with Crippen LogP contribution in [0, 0.1) is 0 Å². The number of allylic oxidation sites excluding steroid dienone is 1. The summed E-state index contributed by atoms with van der Waals surface area (Å²) >= 11 is 13.8. The lowest BCUT2D eigenvalue weighted by molar-refractivity contribution is -0.136. The van der Waals surface area contributed by atoms with E-state index in [4.69, 9.17) is 27.9 Å². The lowest BCUT2D eigenvalue weighted by Crippen LogP contribution is -2.30. The van der Waals surface area contributed by atoms with E-state index >= 15 is 0 Å². The normalized spacial score (nSPS) is 20.4. The number of thioether (sulfide) groups is 1. The van der Waals surface area contributed by atoms with Crippen molar-refractivity contribution < 1.29 is 9.53 Å². The zero-order valence-electron chi connectivity index (χ0n) is 11.7. The van der Waals surface area contributed by atoms with Gasteiger partial charge >= 0.3 is 5.97 Å². The molecule has 0 unspecified atom stereocenters. The highest BCUT2D eigenvalue weighted by molar-refractivity contribution is 8.14. The van der Waals surface area contributed by atoms with E-state index < -0.39 is 5.97 Å². The van der Waals surface area contributed by atoms with Gasteiger partial charge in [-0.3, -0.25) is 4.99 Å². The Labute approximate surface area is 137 Å². The third-order valence-corrected chi connectivity index (χ3v) is 5.13. The Morgan fingerprint density at radius 1 is 1.43 bits per heavy atom. The number of benzene rings is 1. The second-order valence-corrected chi connectivity index (χ2v) is 6.20. The van der Waals surface area contributed by atoms with Crippen LogP contribution in [0.25, 0.3) is 0 Å². The van der Waals surface area contributed by atoms with E-state index in [1.807, 2.05) is 13.0 Å². The predicted molar refractivity (Wildman–Crippen MR) is 88.0 cm³/mol. The first-order valence-corrected chi connectivity index (χ1v) is 7.76. The van der Waals surface area contributed by atoms with E-state index in [9.17, 15) is 4.79 Å². The van der Waals surface area contributed by atoms with Gasteiger partial charge in [0.25, 0.3) is 0 Å². The smallest absolute Gasteiger partial charge is 0.337 e. The predicted octanol–water partition coefficient (Wildman–Crippen LogP) is 3.80. The van der Waals surface area contributed by atoms with Gasteiger partial charge in [-0.2, -0.15) is 0 Å². The SMILES string of the molecule is CN=C1NC(C)=C(C(=O)OC)[C@H](c2cccc(Cl)c2Cl)S1. The lowest BCUT2D eigenvalue weighted by atomic mass is 10.0. The molecule has 1 aromatic rings. The molecule has 0 aromatic heterocycles. The van der Waals surface area contributed by atoms with Gasteiger partial charge in [-0.25, -0.2) is 4.79 Å². The van der Waals surface area contributed by atoms with Crippen molar-refractivity contribution in [2.24, 2.45) is 4.99 Å². The molecule has 112 valence electrons. The maximum Gasteiger partial charge on any atom is 0.337 e. The largest absolute Gasteiger partial charge is 0.466 e. The summed E-state index contributed by atoms with van der Waals surface area (Å²) in [6.45, 7) is 1.81. The summed E-state index contributed by atoms with van der Waals surface area (Å²) in [6, 6.07) is 5.36. The monoisotopic (exact) mass is 344 g/mol. The number of hydrogen-bond acceptors (Lipinski definition) is 4. The molecule has 0 amide bonds. The number of amidine groups is 1. The molecule has 1 atom stereocenters. The van der Waals surface area contributed by atoms with Crippen LogP contribution in [0.1, 0.15) is 17.7 Å².